The molecule has 1 fully saturated rings. The van der Waals surface area contributed by atoms with Crippen LogP contribution in [0, 0.1) is 5.92 Å². The van der Waals surface area contributed by atoms with Crippen LogP contribution in [0.4, 0.5) is 0 Å². The molecule has 1 N–H and O–H groups in total. The number of hydrogen-bond acceptors (Lipinski definition) is 2. The molecule has 0 saturated heterocycles. The maximum atomic E-state index is 5.58. The normalized spacial score (nSPS) is 16.6. The van der Waals surface area contributed by atoms with Crippen molar-refractivity contribution in [1.82, 2.24) is 5.32 Å². The van der Waals surface area contributed by atoms with Crippen molar-refractivity contribution in [2.24, 2.45) is 5.92 Å². The molecule has 2 rings (SSSR count). The first-order valence-corrected chi connectivity index (χ1v) is 7.29. The van der Waals surface area contributed by atoms with Crippen LogP contribution in [0.3, 0.4) is 0 Å². The zero-order chi connectivity index (χ0) is 12.8. The molecule has 0 spiro atoms. The van der Waals surface area contributed by atoms with Crippen LogP contribution in [0.1, 0.15) is 51.1 Å². The third kappa shape index (κ3) is 4.02. The Bertz CT molecular complexity index is 360. The van der Waals surface area contributed by atoms with Gasteiger partial charge in [-0.25, -0.2) is 0 Å². The minimum absolute atomic E-state index is 0.482. The lowest BCUT2D eigenvalue weighted by molar-refractivity contribution is 0.339. The van der Waals surface area contributed by atoms with Crippen molar-refractivity contribution >= 4 is 0 Å². The van der Waals surface area contributed by atoms with Gasteiger partial charge in [0.15, 0.2) is 0 Å². The van der Waals surface area contributed by atoms with E-state index in [1.165, 1.54) is 31.2 Å². The first kappa shape index (κ1) is 13.4. The van der Waals surface area contributed by atoms with Crippen LogP contribution in [0.2, 0.25) is 0 Å². The highest BCUT2D eigenvalue weighted by molar-refractivity contribution is 5.30. The van der Waals surface area contributed by atoms with E-state index in [1.807, 2.05) is 13.0 Å². The SMILES string of the molecule is CCNC(CCC1CC1)c1cccc(OCC)c1. The van der Waals surface area contributed by atoms with Crippen molar-refractivity contribution in [3.05, 3.63) is 29.8 Å². The summed E-state index contributed by atoms with van der Waals surface area (Å²) in [5.41, 5.74) is 1.36. The van der Waals surface area contributed by atoms with Crippen LogP contribution in [-0.4, -0.2) is 13.2 Å². The van der Waals surface area contributed by atoms with Gasteiger partial charge in [0, 0.05) is 6.04 Å². The van der Waals surface area contributed by atoms with Crippen molar-refractivity contribution in [3.8, 4) is 5.75 Å². The van der Waals surface area contributed by atoms with Gasteiger partial charge in [0.25, 0.3) is 0 Å². The molecule has 1 unspecified atom stereocenters. The van der Waals surface area contributed by atoms with Crippen LogP contribution >= 0.6 is 0 Å². The molecular weight excluding hydrogens is 222 g/mol. The highest BCUT2D eigenvalue weighted by atomic mass is 16.5. The Morgan fingerprint density at radius 2 is 2.17 bits per heavy atom. The first-order chi connectivity index (χ1) is 8.83. The second-order valence-corrected chi connectivity index (χ2v) is 5.14. The van der Waals surface area contributed by atoms with E-state index >= 15 is 0 Å². The van der Waals surface area contributed by atoms with Gasteiger partial charge in [0.05, 0.1) is 6.61 Å². The third-order valence-electron chi connectivity index (χ3n) is 3.58. The fraction of sp³-hybridized carbons (Fsp3) is 0.625. The zero-order valence-electron chi connectivity index (χ0n) is 11.6. The van der Waals surface area contributed by atoms with Crippen LogP contribution in [0.5, 0.6) is 5.75 Å². The highest BCUT2D eigenvalue weighted by Gasteiger charge is 2.22. The standard InChI is InChI=1S/C16H25NO/c1-3-17-16(11-10-13-8-9-13)14-6-5-7-15(12-14)18-4-2/h5-7,12-13,16-17H,3-4,8-11H2,1-2H3. The Morgan fingerprint density at radius 1 is 1.33 bits per heavy atom. The molecular formula is C16H25NO. The Balaban J connectivity index is 1.99. The number of benzene rings is 1. The highest BCUT2D eigenvalue weighted by Crippen LogP contribution is 2.36. The summed E-state index contributed by atoms with van der Waals surface area (Å²) in [6, 6.07) is 9.02. The average molecular weight is 247 g/mol. The summed E-state index contributed by atoms with van der Waals surface area (Å²) >= 11 is 0. The molecule has 1 aromatic rings. The summed E-state index contributed by atoms with van der Waals surface area (Å²) in [5.74, 6) is 1.99. The summed E-state index contributed by atoms with van der Waals surface area (Å²) < 4.78 is 5.58. The van der Waals surface area contributed by atoms with Gasteiger partial charge in [-0.3, -0.25) is 0 Å². The van der Waals surface area contributed by atoms with Gasteiger partial charge in [-0.1, -0.05) is 31.9 Å². The second kappa shape index (κ2) is 6.79. The van der Waals surface area contributed by atoms with Gasteiger partial charge in [0.2, 0.25) is 0 Å². The average Bonchev–Trinajstić information content (AvgIpc) is 3.19. The van der Waals surface area contributed by atoms with Crippen LogP contribution < -0.4 is 10.1 Å². The molecule has 18 heavy (non-hydrogen) atoms. The Morgan fingerprint density at radius 3 is 2.83 bits per heavy atom. The molecule has 1 atom stereocenters. The monoisotopic (exact) mass is 247 g/mol. The van der Waals surface area contributed by atoms with E-state index in [4.69, 9.17) is 4.74 Å². The van der Waals surface area contributed by atoms with E-state index in [2.05, 4.69) is 30.4 Å². The summed E-state index contributed by atoms with van der Waals surface area (Å²) in [6.07, 6.45) is 5.49. The second-order valence-electron chi connectivity index (χ2n) is 5.14. The lowest BCUT2D eigenvalue weighted by Gasteiger charge is -2.19. The molecule has 1 aromatic carbocycles. The molecule has 0 amide bonds. The van der Waals surface area contributed by atoms with Crippen molar-refractivity contribution in [2.45, 2.75) is 45.6 Å². The minimum Gasteiger partial charge on any atom is -0.494 e. The topological polar surface area (TPSA) is 21.3 Å². The fourth-order valence-corrected chi connectivity index (χ4v) is 2.43. The lowest BCUT2D eigenvalue weighted by atomic mass is 10.00. The van der Waals surface area contributed by atoms with Gasteiger partial charge in [-0.05, 0) is 49.9 Å². The van der Waals surface area contributed by atoms with Gasteiger partial charge in [-0.2, -0.15) is 0 Å². The van der Waals surface area contributed by atoms with Crippen LogP contribution in [0.25, 0.3) is 0 Å². The predicted octanol–water partition coefficient (Wildman–Crippen LogP) is 3.93. The minimum atomic E-state index is 0.482. The Kier molecular flexibility index (Phi) is 5.06. The predicted molar refractivity (Wildman–Crippen MR) is 76.0 cm³/mol. The molecule has 1 aliphatic carbocycles. The molecule has 0 aliphatic heterocycles. The molecule has 1 saturated carbocycles. The molecule has 100 valence electrons. The Labute approximate surface area is 111 Å². The number of rotatable bonds is 8. The van der Waals surface area contributed by atoms with E-state index in [1.54, 1.807) is 0 Å². The molecule has 0 aromatic heterocycles. The molecule has 0 radical (unpaired) electrons. The Hall–Kier alpha value is -1.02. The first-order valence-electron chi connectivity index (χ1n) is 7.29. The summed E-state index contributed by atoms with van der Waals surface area (Å²) in [7, 11) is 0. The molecule has 0 bridgehead atoms. The van der Waals surface area contributed by atoms with Gasteiger partial charge in [0.1, 0.15) is 5.75 Å². The van der Waals surface area contributed by atoms with Crippen molar-refractivity contribution < 1.29 is 4.74 Å². The number of hydrogen-bond donors (Lipinski definition) is 1. The van der Waals surface area contributed by atoms with E-state index < -0.39 is 0 Å². The van der Waals surface area contributed by atoms with Crippen molar-refractivity contribution in [1.29, 1.82) is 0 Å². The largest absolute Gasteiger partial charge is 0.494 e. The summed E-state index contributed by atoms with van der Waals surface area (Å²) in [4.78, 5) is 0. The van der Waals surface area contributed by atoms with E-state index in [0.29, 0.717) is 6.04 Å². The van der Waals surface area contributed by atoms with Gasteiger partial charge in [-0.15, -0.1) is 0 Å². The van der Waals surface area contributed by atoms with Gasteiger partial charge < -0.3 is 10.1 Å². The molecule has 2 heteroatoms. The lowest BCUT2D eigenvalue weighted by Crippen LogP contribution is -2.21. The van der Waals surface area contributed by atoms with Crippen molar-refractivity contribution in [3.63, 3.8) is 0 Å². The zero-order valence-corrected chi connectivity index (χ0v) is 11.6. The maximum Gasteiger partial charge on any atom is 0.119 e. The smallest absolute Gasteiger partial charge is 0.119 e. The van der Waals surface area contributed by atoms with Crippen LogP contribution in [0.15, 0.2) is 24.3 Å². The van der Waals surface area contributed by atoms with E-state index in [0.717, 1.165) is 24.8 Å². The third-order valence-corrected chi connectivity index (χ3v) is 3.58. The quantitative estimate of drug-likeness (QED) is 0.751. The number of ether oxygens (including phenoxy) is 1. The van der Waals surface area contributed by atoms with Gasteiger partial charge >= 0.3 is 0 Å². The number of nitrogens with one attached hydrogen (secondary N) is 1. The molecule has 2 nitrogen and oxygen atoms in total. The fourth-order valence-electron chi connectivity index (χ4n) is 2.43. The van der Waals surface area contributed by atoms with E-state index in [9.17, 15) is 0 Å². The maximum absolute atomic E-state index is 5.58. The molecule has 1 aliphatic rings. The van der Waals surface area contributed by atoms with E-state index in [-0.39, 0.29) is 0 Å². The molecule has 0 heterocycles. The summed E-state index contributed by atoms with van der Waals surface area (Å²) in [6.45, 7) is 5.96. The van der Waals surface area contributed by atoms with Crippen LogP contribution in [-0.2, 0) is 0 Å². The summed E-state index contributed by atoms with van der Waals surface area (Å²) in [5, 5.41) is 3.60. The van der Waals surface area contributed by atoms with Crippen molar-refractivity contribution in [2.75, 3.05) is 13.2 Å².